The highest BCUT2D eigenvalue weighted by molar-refractivity contribution is 5.76. The minimum atomic E-state index is 0.163. The fraction of sp³-hybridized carbons (Fsp3) is 0.682. The maximum atomic E-state index is 12.6. The van der Waals surface area contributed by atoms with E-state index in [1.54, 1.807) is 0 Å². The molecule has 1 unspecified atom stereocenters. The molecule has 1 N–H and O–H groups in total. The van der Waals surface area contributed by atoms with Gasteiger partial charge in [0.2, 0.25) is 5.91 Å². The number of piperidine rings is 1. The van der Waals surface area contributed by atoms with Crippen molar-refractivity contribution in [3.05, 3.63) is 35.9 Å². The van der Waals surface area contributed by atoms with Crippen LogP contribution >= 0.6 is 0 Å². The summed E-state index contributed by atoms with van der Waals surface area (Å²) < 4.78 is 0. The van der Waals surface area contributed by atoms with Crippen molar-refractivity contribution in [3.8, 4) is 0 Å². The van der Waals surface area contributed by atoms with Gasteiger partial charge >= 0.3 is 0 Å². The molecule has 1 atom stereocenters. The van der Waals surface area contributed by atoms with E-state index in [9.17, 15) is 9.90 Å². The Hall–Kier alpha value is -1.43. The van der Waals surface area contributed by atoms with Crippen molar-refractivity contribution in [2.45, 2.75) is 51.1 Å². The quantitative estimate of drug-likeness (QED) is 0.760. The average Bonchev–Trinajstić information content (AvgIpc) is 2.89. The molecule has 27 heavy (non-hydrogen) atoms. The molecule has 2 fully saturated rings. The van der Waals surface area contributed by atoms with Crippen molar-refractivity contribution in [1.29, 1.82) is 0 Å². The summed E-state index contributed by atoms with van der Waals surface area (Å²) in [7, 11) is 0. The summed E-state index contributed by atoms with van der Waals surface area (Å²) in [5, 5.41) is 9.52. The van der Waals surface area contributed by atoms with E-state index in [2.05, 4.69) is 39.0 Å². The zero-order chi connectivity index (χ0) is 18.9. The lowest BCUT2D eigenvalue weighted by atomic mass is 10.1. The molecule has 2 saturated heterocycles. The lowest BCUT2D eigenvalue weighted by Gasteiger charge is -2.31. The zero-order valence-electron chi connectivity index (χ0n) is 16.6. The zero-order valence-corrected chi connectivity index (χ0v) is 16.6. The van der Waals surface area contributed by atoms with Gasteiger partial charge in [-0.05, 0) is 44.3 Å². The third-order valence-electron chi connectivity index (χ3n) is 6.04. The summed E-state index contributed by atoms with van der Waals surface area (Å²) in [6.07, 6.45) is 6.46. The molecule has 0 radical (unpaired) electrons. The number of aliphatic hydroxyl groups is 1. The van der Waals surface area contributed by atoms with E-state index in [4.69, 9.17) is 0 Å². The van der Waals surface area contributed by atoms with Crippen molar-refractivity contribution in [2.75, 3.05) is 45.9 Å². The normalized spacial score (nSPS) is 22.2. The number of carbonyl (C=O) groups excluding carboxylic acids is 1. The minimum absolute atomic E-state index is 0.163. The Morgan fingerprint density at radius 3 is 2.52 bits per heavy atom. The number of amides is 1. The second-order valence-corrected chi connectivity index (χ2v) is 7.94. The third-order valence-corrected chi connectivity index (χ3v) is 6.04. The van der Waals surface area contributed by atoms with Crippen LogP contribution < -0.4 is 0 Å². The Labute approximate surface area is 163 Å². The Morgan fingerprint density at radius 2 is 1.78 bits per heavy atom. The van der Waals surface area contributed by atoms with Crippen LogP contribution in [-0.2, 0) is 11.3 Å². The first kappa shape index (κ1) is 20.3. The summed E-state index contributed by atoms with van der Waals surface area (Å²) in [5.41, 5.74) is 1.27. The van der Waals surface area contributed by atoms with Gasteiger partial charge in [-0.2, -0.15) is 0 Å². The second kappa shape index (κ2) is 10.8. The molecular weight excluding hydrogens is 338 g/mol. The lowest BCUT2D eigenvalue weighted by molar-refractivity contribution is -0.130. The van der Waals surface area contributed by atoms with E-state index < -0.39 is 0 Å². The number of rotatable bonds is 8. The number of aliphatic hydroxyl groups excluding tert-OH is 1. The highest BCUT2D eigenvalue weighted by Gasteiger charge is 2.26. The van der Waals surface area contributed by atoms with Gasteiger partial charge in [-0.25, -0.2) is 0 Å². The number of carbonyl (C=O) groups is 1. The Kier molecular flexibility index (Phi) is 8.11. The maximum Gasteiger partial charge on any atom is 0.222 e. The molecule has 150 valence electrons. The molecular formula is C22H35N3O2. The molecule has 0 spiro atoms. The fourth-order valence-corrected chi connectivity index (χ4v) is 4.41. The first-order chi connectivity index (χ1) is 13.3. The first-order valence-corrected chi connectivity index (χ1v) is 10.7. The highest BCUT2D eigenvalue weighted by atomic mass is 16.3. The lowest BCUT2D eigenvalue weighted by Crippen LogP contribution is -2.41. The maximum absolute atomic E-state index is 12.6. The van der Waals surface area contributed by atoms with Crippen molar-refractivity contribution in [1.82, 2.24) is 14.7 Å². The molecule has 2 aliphatic heterocycles. The van der Waals surface area contributed by atoms with Crippen LogP contribution in [0, 0.1) is 0 Å². The molecule has 5 heteroatoms. The van der Waals surface area contributed by atoms with Crippen molar-refractivity contribution >= 4 is 5.91 Å². The van der Waals surface area contributed by atoms with Gasteiger partial charge in [0.25, 0.3) is 0 Å². The molecule has 2 aliphatic rings. The summed E-state index contributed by atoms with van der Waals surface area (Å²) in [6, 6.07) is 10.8. The van der Waals surface area contributed by atoms with E-state index in [0.29, 0.717) is 24.9 Å². The molecule has 1 aromatic carbocycles. The van der Waals surface area contributed by atoms with E-state index in [1.165, 1.54) is 37.9 Å². The highest BCUT2D eigenvalue weighted by Crippen LogP contribution is 2.20. The molecule has 0 aliphatic carbocycles. The van der Waals surface area contributed by atoms with Crippen LogP contribution in [0.25, 0.3) is 0 Å². The standard InChI is InChI=1S/C22H35N3O2/c26-18-17-25(19-20-7-3-1-4-8-20)21-9-10-22(27)24(14-11-21)16-15-23-12-5-2-6-13-23/h1,3-4,7-8,21,26H,2,5-6,9-19H2. The summed E-state index contributed by atoms with van der Waals surface area (Å²) in [5.74, 6) is 0.304. The van der Waals surface area contributed by atoms with Gasteiger partial charge in [0, 0.05) is 45.2 Å². The second-order valence-electron chi connectivity index (χ2n) is 7.94. The molecule has 5 nitrogen and oxygen atoms in total. The largest absolute Gasteiger partial charge is 0.395 e. The van der Waals surface area contributed by atoms with Gasteiger partial charge < -0.3 is 14.9 Å². The van der Waals surface area contributed by atoms with Gasteiger partial charge in [0.05, 0.1) is 6.61 Å². The van der Waals surface area contributed by atoms with E-state index in [-0.39, 0.29) is 6.61 Å². The molecule has 1 aromatic rings. The molecule has 1 amide bonds. The summed E-state index contributed by atoms with van der Waals surface area (Å²) in [4.78, 5) is 19.6. The fourth-order valence-electron chi connectivity index (χ4n) is 4.41. The third kappa shape index (κ3) is 6.30. The summed E-state index contributed by atoms with van der Waals surface area (Å²) in [6.45, 7) is 6.77. The number of hydrogen-bond acceptors (Lipinski definition) is 4. The number of nitrogens with zero attached hydrogens (tertiary/aromatic N) is 3. The van der Waals surface area contributed by atoms with Gasteiger partial charge in [0.1, 0.15) is 0 Å². The Morgan fingerprint density at radius 1 is 1.00 bits per heavy atom. The predicted molar refractivity (Wildman–Crippen MR) is 108 cm³/mol. The first-order valence-electron chi connectivity index (χ1n) is 10.7. The summed E-state index contributed by atoms with van der Waals surface area (Å²) >= 11 is 0. The van der Waals surface area contributed by atoms with E-state index in [1.807, 2.05) is 6.07 Å². The molecule has 2 heterocycles. The molecule has 0 aromatic heterocycles. The van der Waals surface area contributed by atoms with Crippen LogP contribution in [-0.4, -0.2) is 77.6 Å². The van der Waals surface area contributed by atoms with Gasteiger partial charge in [-0.3, -0.25) is 9.69 Å². The average molecular weight is 374 g/mol. The van der Waals surface area contributed by atoms with Gasteiger partial charge in [-0.15, -0.1) is 0 Å². The smallest absolute Gasteiger partial charge is 0.222 e. The van der Waals surface area contributed by atoms with Crippen LogP contribution in [0.5, 0.6) is 0 Å². The van der Waals surface area contributed by atoms with Crippen molar-refractivity contribution < 1.29 is 9.90 Å². The number of benzene rings is 1. The molecule has 3 rings (SSSR count). The topological polar surface area (TPSA) is 47.0 Å². The van der Waals surface area contributed by atoms with Crippen LogP contribution in [0.3, 0.4) is 0 Å². The van der Waals surface area contributed by atoms with Crippen LogP contribution in [0.1, 0.15) is 44.1 Å². The van der Waals surface area contributed by atoms with Crippen molar-refractivity contribution in [3.63, 3.8) is 0 Å². The number of likely N-dealkylation sites (tertiary alicyclic amines) is 2. The molecule has 0 bridgehead atoms. The van der Waals surface area contributed by atoms with Crippen LogP contribution in [0.4, 0.5) is 0 Å². The SMILES string of the molecule is O=C1CCC(N(CCO)Cc2ccccc2)CCN1CCN1CCCCC1. The van der Waals surface area contributed by atoms with Crippen molar-refractivity contribution in [2.24, 2.45) is 0 Å². The predicted octanol–water partition coefficient (Wildman–Crippen LogP) is 2.35. The van der Waals surface area contributed by atoms with E-state index >= 15 is 0 Å². The van der Waals surface area contributed by atoms with Gasteiger partial charge in [0.15, 0.2) is 0 Å². The van der Waals surface area contributed by atoms with Gasteiger partial charge in [-0.1, -0.05) is 36.8 Å². The Balaban J connectivity index is 1.53. The van der Waals surface area contributed by atoms with Crippen LogP contribution in [0.2, 0.25) is 0 Å². The minimum Gasteiger partial charge on any atom is -0.395 e. The monoisotopic (exact) mass is 373 g/mol. The molecule has 0 saturated carbocycles. The van der Waals surface area contributed by atoms with Crippen LogP contribution in [0.15, 0.2) is 30.3 Å². The van der Waals surface area contributed by atoms with E-state index in [0.717, 1.165) is 39.0 Å². The Bertz CT molecular complexity index is 560. The number of hydrogen-bond donors (Lipinski definition) is 1.